The SMILES string of the molecule is N1ONONO1. The maximum Gasteiger partial charge on any atom is -0.0348 e. The maximum absolute atomic E-state index is 4.06. The lowest BCUT2D eigenvalue weighted by Gasteiger charge is -2.10. The normalized spacial score (nSPS) is 24.0. The summed E-state index contributed by atoms with van der Waals surface area (Å²) >= 11 is 0. The van der Waals surface area contributed by atoms with Crippen LogP contribution in [0.5, 0.6) is 0 Å². The van der Waals surface area contributed by atoms with Crippen LogP contribution in [-0.4, -0.2) is 0 Å². The highest BCUT2D eigenvalue weighted by Gasteiger charge is 1.91. The molecule has 0 radical (unpaired) electrons. The first-order valence-corrected chi connectivity index (χ1v) is 1.22. The van der Waals surface area contributed by atoms with E-state index in [9.17, 15) is 0 Å². The van der Waals surface area contributed by atoms with Crippen molar-refractivity contribution in [3.8, 4) is 0 Å². The zero-order valence-corrected chi connectivity index (χ0v) is 2.72. The van der Waals surface area contributed by atoms with Gasteiger partial charge in [0, 0.05) is 0 Å². The highest BCUT2D eigenvalue weighted by molar-refractivity contribution is 3.70. The van der Waals surface area contributed by atoms with E-state index >= 15 is 0 Å². The van der Waals surface area contributed by atoms with Gasteiger partial charge in [0.25, 0.3) is 0 Å². The predicted octanol–water partition coefficient (Wildman–Crippen LogP) is -1.69. The maximum atomic E-state index is 4.06. The van der Waals surface area contributed by atoms with Crippen molar-refractivity contribution in [3.05, 3.63) is 0 Å². The van der Waals surface area contributed by atoms with E-state index in [1.165, 1.54) is 0 Å². The molecule has 6 heteroatoms. The summed E-state index contributed by atoms with van der Waals surface area (Å²) in [5.74, 6) is 0. The molecule has 0 aromatic heterocycles. The van der Waals surface area contributed by atoms with Gasteiger partial charge in [-0.05, 0) is 16.9 Å². The molecule has 36 valence electrons. The van der Waals surface area contributed by atoms with Crippen molar-refractivity contribution in [1.29, 1.82) is 0 Å². The molecule has 1 aliphatic rings. The Labute approximate surface area is 33.1 Å². The fourth-order valence-corrected chi connectivity index (χ4v) is 0.114. The van der Waals surface area contributed by atoms with E-state index in [1.54, 1.807) is 0 Å². The molecule has 6 heavy (non-hydrogen) atoms. The minimum Gasteiger partial charge on any atom is -0.159 e. The van der Waals surface area contributed by atoms with E-state index in [0.717, 1.165) is 0 Å². The molecule has 1 rings (SSSR count). The molecule has 0 bridgehead atoms. The Bertz CT molecular complexity index is 21.5. The first-order valence-electron chi connectivity index (χ1n) is 1.22. The van der Waals surface area contributed by atoms with Gasteiger partial charge in [-0.15, -0.1) is 0 Å². The van der Waals surface area contributed by atoms with E-state index in [4.69, 9.17) is 0 Å². The molecular formula is H3N3O3. The fourth-order valence-electron chi connectivity index (χ4n) is 0.114. The van der Waals surface area contributed by atoms with Gasteiger partial charge in [0.1, 0.15) is 0 Å². The molecule has 1 fully saturated rings. The molecule has 0 aliphatic carbocycles. The van der Waals surface area contributed by atoms with Crippen LogP contribution in [0.2, 0.25) is 0 Å². The van der Waals surface area contributed by atoms with Crippen molar-refractivity contribution in [1.82, 2.24) is 16.9 Å². The molecule has 0 atom stereocenters. The Morgan fingerprint density at radius 2 is 1.00 bits per heavy atom. The second kappa shape index (κ2) is 2.03. The lowest BCUT2D eigenvalue weighted by molar-refractivity contribution is -0.443. The molecule has 1 saturated heterocycles. The molecule has 3 N–H and O–H groups in total. The highest BCUT2D eigenvalue weighted by atomic mass is 17.2. The van der Waals surface area contributed by atoms with Crippen molar-refractivity contribution >= 4 is 0 Å². The Morgan fingerprint density at radius 1 is 0.667 bits per heavy atom. The Balaban J connectivity index is 2.00. The monoisotopic (exact) mass is 93.0 g/mol. The first kappa shape index (κ1) is 3.93. The Morgan fingerprint density at radius 3 is 1.17 bits per heavy atom. The van der Waals surface area contributed by atoms with Gasteiger partial charge < -0.3 is 0 Å². The van der Waals surface area contributed by atoms with Gasteiger partial charge in [-0.1, -0.05) is 0 Å². The van der Waals surface area contributed by atoms with Crippen LogP contribution in [0.15, 0.2) is 0 Å². The Hall–Kier alpha value is -0.240. The van der Waals surface area contributed by atoms with Crippen LogP contribution in [0.25, 0.3) is 0 Å². The number of rotatable bonds is 0. The van der Waals surface area contributed by atoms with E-state index in [1.807, 2.05) is 16.9 Å². The smallest absolute Gasteiger partial charge is 0.0348 e. The van der Waals surface area contributed by atoms with Gasteiger partial charge in [-0.25, -0.2) is 0 Å². The minimum atomic E-state index is 1.94. The minimum absolute atomic E-state index is 1.94. The molecule has 6 nitrogen and oxygen atoms in total. The number of nitrogens with one attached hydrogen (secondary N) is 3. The summed E-state index contributed by atoms with van der Waals surface area (Å²) < 4.78 is 0. The number of hydrogen-bond donors (Lipinski definition) is 3. The van der Waals surface area contributed by atoms with Crippen molar-refractivity contribution in [2.45, 2.75) is 0 Å². The predicted molar refractivity (Wildman–Crippen MR) is 12.7 cm³/mol. The summed E-state index contributed by atoms with van der Waals surface area (Å²) in [6.07, 6.45) is 0. The molecule has 0 unspecified atom stereocenters. The van der Waals surface area contributed by atoms with Crippen LogP contribution >= 0.6 is 0 Å². The van der Waals surface area contributed by atoms with E-state index < -0.39 is 0 Å². The van der Waals surface area contributed by atoms with E-state index in [0.29, 0.717) is 0 Å². The van der Waals surface area contributed by atoms with Crippen LogP contribution in [0.4, 0.5) is 0 Å². The first-order chi connectivity index (χ1) is 3.00. The van der Waals surface area contributed by atoms with Crippen molar-refractivity contribution in [3.63, 3.8) is 0 Å². The van der Waals surface area contributed by atoms with Crippen LogP contribution < -0.4 is 16.9 Å². The average Bonchev–Trinajstić information content (AvgIpc) is 1.72. The molecule has 0 amide bonds. The standard InChI is InChI=1S/H3N3O3/c1-4-2-6-3-5-1/h1-3H. The third-order valence-electron chi connectivity index (χ3n) is 0.250. The van der Waals surface area contributed by atoms with Crippen LogP contribution in [-0.2, 0) is 14.8 Å². The van der Waals surface area contributed by atoms with Gasteiger partial charge in [0.05, 0.1) is 0 Å². The summed E-state index contributed by atoms with van der Waals surface area (Å²) in [5, 5.41) is 0. The lowest BCUT2D eigenvalue weighted by Crippen LogP contribution is -2.41. The quantitative estimate of drug-likeness (QED) is 0.332. The molecule has 1 aliphatic heterocycles. The largest absolute Gasteiger partial charge is 0.159 e. The van der Waals surface area contributed by atoms with Crippen molar-refractivity contribution in [2.75, 3.05) is 0 Å². The summed E-state index contributed by atoms with van der Waals surface area (Å²) in [4.78, 5) is 12.2. The van der Waals surface area contributed by atoms with Crippen LogP contribution in [0.3, 0.4) is 0 Å². The molecular weight excluding hydrogens is 90.0 g/mol. The zero-order chi connectivity index (χ0) is 4.24. The molecule has 0 spiro atoms. The van der Waals surface area contributed by atoms with Crippen molar-refractivity contribution in [2.24, 2.45) is 0 Å². The number of hydrogen-bond acceptors (Lipinski definition) is 6. The lowest BCUT2D eigenvalue weighted by atomic mass is 12.8. The third kappa shape index (κ3) is 0.863. The molecule has 0 saturated carbocycles. The van der Waals surface area contributed by atoms with E-state index in [-0.39, 0.29) is 0 Å². The summed E-state index contributed by atoms with van der Waals surface area (Å²) in [6, 6.07) is 0. The zero-order valence-electron chi connectivity index (χ0n) is 2.72. The fraction of sp³-hybridized carbons (Fsp3) is 0. The van der Waals surface area contributed by atoms with Gasteiger partial charge in [-0.2, -0.15) is 14.8 Å². The molecule has 0 aromatic rings. The topological polar surface area (TPSA) is 63.8 Å². The average molecular weight is 93.0 g/mol. The van der Waals surface area contributed by atoms with Gasteiger partial charge >= 0.3 is 0 Å². The highest BCUT2D eigenvalue weighted by Crippen LogP contribution is 1.64. The van der Waals surface area contributed by atoms with Gasteiger partial charge in [0.15, 0.2) is 0 Å². The van der Waals surface area contributed by atoms with Crippen LogP contribution in [0.1, 0.15) is 0 Å². The second-order valence-electron chi connectivity index (χ2n) is 0.556. The van der Waals surface area contributed by atoms with E-state index in [2.05, 4.69) is 14.8 Å². The van der Waals surface area contributed by atoms with Gasteiger partial charge in [-0.3, -0.25) is 0 Å². The third-order valence-corrected chi connectivity index (χ3v) is 0.250. The van der Waals surface area contributed by atoms with Crippen LogP contribution in [0, 0.1) is 0 Å². The summed E-state index contributed by atoms with van der Waals surface area (Å²) in [5.41, 5.74) is 5.81. The Kier molecular flexibility index (Phi) is 1.33. The van der Waals surface area contributed by atoms with Gasteiger partial charge in [0.2, 0.25) is 0 Å². The summed E-state index contributed by atoms with van der Waals surface area (Å²) in [6.45, 7) is 0. The second-order valence-corrected chi connectivity index (χ2v) is 0.556. The molecule has 0 aromatic carbocycles. The van der Waals surface area contributed by atoms with Crippen molar-refractivity contribution < 1.29 is 14.8 Å². The molecule has 1 heterocycles. The summed E-state index contributed by atoms with van der Waals surface area (Å²) in [7, 11) is 0.